The maximum absolute atomic E-state index is 12.2. The summed E-state index contributed by atoms with van der Waals surface area (Å²) < 4.78 is 27.9. The third-order valence-electron chi connectivity index (χ3n) is 4.37. The number of benzene rings is 2. The number of hydrogen-bond donors (Lipinski definition) is 1. The van der Waals surface area contributed by atoms with E-state index in [2.05, 4.69) is 31.0 Å². The zero-order valence-corrected chi connectivity index (χ0v) is 18.5. The molecule has 0 saturated heterocycles. The Morgan fingerprint density at radius 3 is 2.33 bits per heavy atom. The van der Waals surface area contributed by atoms with Gasteiger partial charge in [-0.15, -0.1) is 0 Å². The fourth-order valence-corrected chi connectivity index (χ4v) is 3.87. The lowest BCUT2D eigenvalue weighted by atomic mass is 10.1. The van der Waals surface area contributed by atoms with Crippen molar-refractivity contribution in [3.63, 3.8) is 0 Å². The minimum Gasteiger partial charge on any atom is -0.452 e. The van der Waals surface area contributed by atoms with Crippen LogP contribution in [0.4, 0.5) is 11.4 Å². The van der Waals surface area contributed by atoms with Crippen LogP contribution in [0.5, 0.6) is 0 Å². The smallest absolute Gasteiger partial charge is 0.338 e. The van der Waals surface area contributed by atoms with Crippen LogP contribution in [0.2, 0.25) is 0 Å². The molecular weight excluding hydrogens is 404 g/mol. The predicted molar refractivity (Wildman–Crippen MR) is 119 cm³/mol. The average Bonchev–Trinajstić information content (AvgIpc) is 2.66. The number of ether oxygens (including phenoxy) is 1. The first-order valence-electron chi connectivity index (χ1n) is 9.69. The largest absolute Gasteiger partial charge is 0.452 e. The van der Waals surface area contributed by atoms with Crippen molar-refractivity contribution in [2.24, 2.45) is 0 Å². The van der Waals surface area contributed by atoms with Gasteiger partial charge >= 0.3 is 5.97 Å². The van der Waals surface area contributed by atoms with Crippen molar-refractivity contribution in [2.45, 2.75) is 32.6 Å². The van der Waals surface area contributed by atoms with Gasteiger partial charge in [-0.25, -0.2) is 13.2 Å². The number of amides is 1. The van der Waals surface area contributed by atoms with Gasteiger partial charge in [-0.3, -0.25) is 4.79 Å². The van der Waals surface area contributed by atoms with E-state index in [0.717, 1.165) is 18.5 Å². The van der Waals surface area contributed by atoms with Crippen molar-refractivity contribution < 1.29 is 22.7 Å². The molecule has 0 saturated carbocycles. The Morgan fingerprint density at radius 2 is 1.77 bits per heavy atom. The number of anilines is 2. The summed E-state index contributed by atoms with van der Waals surface area (Å²) in [6, 6.07) is 14.0. The van der Waals surface area contributed by atoms with Crippen molar-refractivity contribution in [3.05, 3.63) is 59.7 Å². The molecule has 0 aliphatic rings. The van der Waals surface area contributed by atoms with E-state index in [-0.39, 0.29) is 11.3 Å². The second-order valence-electron chi connectivity index (χ2n) is 7.32. The Morgan fingerprint density at radius 1 is 1.10 bits per heavy atom. The molecule has 0 aliphatic heterocycles. The van der Waals surface area contributed by atoms with Crippen LogP contribution < -0.4 is 10.2 Å². The third-order valence-corrected chi connectivity index (χ3v) is 5.23. The summed E-state index contributed by atoms with van der Waals surface area (Å²) in [6.45, 7) is 6.75. The van der Waals surface area contributed by atoms with Crippen LogP contribution in [0.25, 0.3) is 0 Å². The summed E-state index contributed by atoms with van der Waals surface area (Å²) in [5, 5.41) is 2.69. The van der Waals surface area contributed by atoms with Gasteiger partial charge in [0.25, 0.3) is 5.91 Å². The van der Waals surface area contributed by atoms with Gasteiger partial charge in [0.05, 0.1) is 11.3 Å². The Bertz CT molecular complexity index is 985. The molecule has 7 nitrogen and oxygen atoms in total. The first-order chi connectivity index (χ1) is 14.1. The Kier molecular flexibility index (Phi) is 8.00. The molecule has 0 heterocycles. The van der Waals surface area contributed by atoms with Gasteiger partial charge in [0.2, 0.25) is 0 Å². The van der Waals surface area contributed by atoms with Gasteiger partial charge in [-0.05, 0) is 62.7 Å². The Labute approximate surface area is 178 Å². The zero-order valence-electron chi connectivity index (χ0n) is 17.7. The molecule has 30 heavy (non-hydrogen) atoms. The summed E-state index contributed by atoms with van der Waals surface area (Å²) >= 11 is 0. The van der Waals surface area contributed by atoms with Gasteiger partial charge in [0, 0.05) is 30.2 Å². The summed E-state index contributed by atoms with van der Waals surface area (Å²) in [5.74, 6) is -1.32. The van der Waals surface area contributed by atoms with Gasteiger partial charge in [0.15, 0.2) is 16.4 Å². The molecule has 1 N–H and O–H groups in total. The van der Waals surface area contributed by atoms with Crippen LogP contribution in [0.3, 0.4) is 0 Å². The van der Waals surface area contributed by atoms with E-state index in [0.29, 0.717) is 17.3 Å². The number of nitrogens with zero attached hydrogens (tertiary/aromatic N) is 1. The van der Waals surface area contributed by atoms with Crippen molar-refractivity contribution >= 4 is 33.1 Å². The van der Waals surface area contributed by atoms with Crippen LogP contribution >= 0.6 is 0 Å². The quantitative estimate of drug-likeness (QED) is 0.612. The maximum atomic E-state index is 12.2. The average molecular weight is 433 g/mol. The lowest BCUT2D eigenvalue weighted by Crippen LogP contribution is -2.30. The standard InChI is InChI=1S/C22H28N2O5S/c1-5-24(16(2)3)20-11-9-19(10-12-20)23-21(25)14-29-22(26)18-8-6-7-17(13-18)15-30(4,27)28/h6-13,16H,5,14-15H2,1-4H3,(H,23,25). The normalized spacial score (nSPS) is 11.2. The number of carbonyl (C=O) groups is 2. The van der Waals surface area contributed by atoms with Gasteiger partial charge < -0.3 is 15.0 Å². The number of sulfone groups is 1. The van der Waals surface area contributed by atoms with Gasteiger partial charge in [0.1, 0.15) is 0 Å². The molecule has 2 rings (SSSR count). The molecule has 8 heteroatoms. The first-order valence-corrected chi connectivity index (χ1v) is 11.8. The maximum Gasteiger partial charge on any atom is 0.338 e. The van der Waals surface area contributed by atoms with Crippen molar-refractivity contribution in [3.8, 4) is 0 Å². The second kappa shape index (κ2) is 10.2. The van der Waals surface area contributed by atoms with E-state index in [4.69, 9.17) is 4.74 Å². The SMILES string of the molecule is CCN(c1ccc(NC(=O)COC(=O)c2cccc(CS(C)(=O)=O)c2)cc1)C(C)C. The number of carbonyl (C=O) groups excluding carboxylic acids is 2. The van der Waals surface area contributed by atoms with Gasteiger partial charge in [-0.2, -0.15) is 0 Å². The highest BCUT2D eigenvalue weighted by atomic mass is 32.2. The lowest BCUT2D eigenvalue weighted by molar-refractivity contribution is -0.119. The van der Waals surface area contributed by atoms with Crippen LogP contribution in [0.1, 0.15) is 36.7 Å². The molecule has 0 unspecified atom stereocenters. The van der Waals surface area contributed by atoms with E-state index in [1.807, 2.05) is 12.1 Å². The van der Waals surface area contributed by atoms with Crippen molar-refractivity contribution in [1.82, 2.24) is 0 Å². The molecule has 0 atom stereocenters. The summed E-state index contributed by atoms with van der Waals surface area (Å²) in [7, 11) is -3.21. The Hall–Kier alpha value is -2.87. The molecular formula is C22H28N2O5S. The molecule has 1 amide bonds. The molecule has 162 valence electrons. The van der Waals surface area contributed by atoms with Crippen LogP contribution in [-0.2, 0) is 25.1 Å². The number of hydrogen-bond acceptors (Lipinski definition) is 6. The van der Waals surface area contributed by atoms with Gasteiger partial charge in [-0.1, -0.05) is 12.1 Å². The monoisotopic (exact) mass is 432 g/mol. The molecule has 2 aromatic rings. The topological polar surface area (TPSA) is 92.8 Å². The van der Waals surface area contributed by atoms with E-state index in [9.17, 15) is 18.0 Å². The molecule has 0 radical (unpaired) electrons. The van der Waals surface area contributed by atoms with Crippen molar-refractivity contribution in [1.29, 1.82) is 0 Å². The highest BCUT2D eigenvalue weighted by Crippen LogP contribution is 2.20. The number of esters is 1. The highest BCUT2D eigenvalue weighted by molar-refractivity contribution is 7.89. The van der Waals surface area contributed by atoms with Crippen LogP contribution in [-0.4, -0.2) is 45.7 Å². The third kappa shape index (κ3) is 7.18. The lowest BCUT2D eigenvalue weighted by Gasteiger charge is -2.27. The highest BCUT2D eigenvalue weighted by Gasteiger charge is 2.13. The Balaban J connectivity index is 1.91. The zero-order chi connectivity index (χ0) is 22.3. The molecule has 0 aliphatic carbocycles. The minimum absolute atomic E-state index is 0.170. The van der Waals surface area contributed by atoms with Crippen LogP contribution in [0.15, 0.2) is 48.5 Å². The fraction of sp³-hybridized carbons (Fsp3) is 0.364. The number of nitrogens with one attached hydrogen (secondary N) is 1. The van der Waals surface area contributed by atoms with Crippen LogP contribution in [0, 0.1) is 0 Å². The first kappa shape index (κ1) is 23.4. The summed E-state index contributed by atoms with van der Waals surface area (Å²) in [6.07, 6.45) is 1.12. The second-order valence-corrected chi connectivity index (χ2v) is 9.46. The van der Waals surface area contributed by atoms with E-state index in [1.54, 1.807) is 24.3 Å². The number of rotatable bonds is 9. The summed E-state index contributed by atoms with van der Waals surface area (Å²) in [5.41, 5.74) is 2.35. The summed E-state index contributed by atoms with van der Waals surface area (Å²) in [4.78, 5) is 26.5. The van der Waals surface area contributed by atoms with Crippen molar-refractivity contribution in [2.75, 3.05) is 29.6 Å². The van der Waals surface area contributed by atoms with E-state index >= 15 is 0 Å². The van der Waals surface area contributed by atoms with E-state index in [1.165, 1.54) is 12.1 Å². The molecule has 0 fully saturated rings. The molecule has 0 bridgehead atoms. The molecule has 0 aromatic heterocycles. The minimum atomic E-state index is -3.21. The predicted octanol–water partition coefficient (Wildman–Crippen LogP) is 3.26. The fourth-order valence-electron chi connectivity index (χ4n) is 3.08. The molecule has 2 aromatic carbocycles. The van der Waals surface area contributed by atoms with E-state index < -0.39 is 28.3 Å². The molecule has 0 spiro atoms.